The molecule has 0 radical (unpaired) electrons. The molecular formula is C24H19ClF6N6O4. The molecule has 2 atom stereocenters. The number of halogens is 7. The van der Waals surface area contributed by atoms with Gasteiger partial charge in [0.25, 0.3) is 0 Å². The fourth-order valence-corrected chi connectivity index (χ4v) is 3.89. The number of aromatic nitrogens is 5. The molecule has 0 spiro atoms. The smallest absolute Gasteiger partial charge is 0.382 e. The van der Waals surface area contributed by atoms with Crippen LogP contribution >= 0.6 is 11.6 Å². The standard InChI is InChI=1S/C24H19ClF6N6O4/c1-12-32-20(35-41-12)19(14-3-2-4-15(9-14)23(26,27)28)33-18(39)11-37-22(40)36(10-17(38)24(29,30)31)21(34-37)13-5-7-16(25)8-6-13/h2-9,17,19,38H,10-11H2,1H3,(H,33,39). The van der Waals surface area contributed by atoms with Gasteiger partial charge in [-0.25, -0.2) is 9.48 Å². The number of carbonyl (C=O) groups excluding carboxylic acids is 1. The summed E-state index contributed by atoms with van der Waals surface area (Å²) in [7, 11) is 0. The zero-order valence-corrected chi connectivity index (χ0v) is 21.5. The monoisotopic (exact) mass is 604 g/mol. The minimum atomic E-state index is -5.06. The molecule has 0 bridgehead atoms. The lowest BCUT2D eigenvalue weighted by Gasteiger charge is -2.17. The Bertz CT molecular complexity index is 1600. The predicted molar refractivity (Wildman–Crippen MR) is 129 cm³/mol. The molecular weight excluding hydrogens is 586 g/mol. The number of benzene rings is 2. The summed E-state index contributed by atoms with van der Waals surface area (Å²) in [6.07, 6.45) is -12.7. The molecule has 17 heteroatoms. The van der Waals surface area contributed by atoms with E-state index in [4.69, 9.17) is 16.1 Å². The minimum Gasteiger partial charge on any atom is -0.382 e. The number of hydrogen-bond acceptors (Lipinski definition) is 7. The predicted octanol–water partition coefficient (Wildman–Crippen LogP) is 3.90. The number of nitrogens with one attached hydrogen (secondary N) is 1. The molecule has 4 aromatic rings. The molecule has 218 valence electrons. The summed E-state index contributed by atoms with van der Waals surface area (Å²) in [6, 6.07) is 8.15. The van der Waals surface area contributed by atoms with Crippen LogP contribution < -0.4 is 11.0 Å². The average Bonchev–Trinajstić information content (AvgIpc) is 3.45. The van der Waals surface area contributed by atoms with Gasteiger partial charge < -0.3 is 14.9 Å². The fourth-order valence-electron chi connectivity index (χ4n) is 3.76. The van der Waals surface area contributed by atoms with Crippen molar-refractivity contribution in [1.82, 2.24) is 29.8 Å². The van der Waals surface area contributed by atoms with Crippen LogP contribution in [0.1, 0.15) is 28.9 Å². The van der Waals surface area contributed by atoms with E-state index < -0.39 is 54.7 Å². The Labute approximate surface area is 231 Å². The fraction of sp³-hybridized carbons (Fsp3) is 0.292. The molecule has 4 rings (SSSR count). The van der Waals surface area contributed by atoms with Gasteiger partial charge in [-0.1, -0.05) is 28.9 Å². The molecule has 2 heterocycles. The van der Waals surface area contributed by atoms with Crippen molar-refractivity contribution in [2.24, 2.45) is 0 Å². The summed E-state index contributed by atoms with van der Waals surface area (Å²) in [5.41, 5.74) is -2.09. The Balaban J connectivity index is 1.68. The highest BCUT2D eigenvalue weighted by atomic mass is 35.5. The second-order valence-corrected chi connectivity index (χ2v) is 9.17. The van der Waals surface area contributed by atoms with E-state index >= 15 is 0 Å². The first-order valence-electron chi connectivity index (χ1n) is 11.6. The molecule has 0 aliphatic rings. The molecule has 41 heavy (non-hydrogen) atoms. The van der Waals surface area contributed by atoms with Crippen LogP contribution in [0.15, 0.2) is 57.8 Å². The Morgan fingerprint density at radius 1 is 1.12 bits per heavy atom. The van der Waals surface area contributed by atoms with Crippen LogP contribution in [0.2, 0.25) is 5.02 Å². The van der Waals surface area contributed by atoms with Crippen molar-refractivity contribution >= 4 is 17.5 Å². The second-order valence-electron chi connectivity index (χ2n) is 8.73. The molecule has 2 aromatic carbocycles. The van der Waals surface area contributed by atoms with Crippen molar-refractivity contribution in [2.45, 2.75) is 44.5 Å². The molecule has 2 N–H and O–H groups in total. The van der Waals surface area contributed by atoms with E-state index in [1.165, 1.54) is 37.3 Å². The maximum Gasteiger partial charge on any atom is 0.416 e. The minimum absolute atomic E-state index is 0.0528. The third kappa shape index (κ3) is 6.94. The van der Waals surface area contributed by atoms with Gasteiger partial charge >= 0.3 is 18.0 Å². The summed E-state index contributed by atoms with van der Waals surface area (Å²) in [5.74, 6) is -1.41. The number of amides is 1. The Hall–Kier alpha value is -4.18. The van der Waals surface area contributed by atoms with E-state index in [1.54, 1.807) is 0 Å². The van der Waals surface area contributed by atoms with Crippen LogP contribution in [0.4, 0.5) is 26.3 Å². The van der Waals surface area contributed by atoms with E-state index in [9.17, 15) is 41.0 Å². The van der Waals surface area contributed by atoms with Gasteiger partial charge in [0.05, 0.1) is 12.1 Å². The maximum atomic E-state index is 13.3. The van der Waals surface area contributed by atoms with Crippen LogP contribution in [-0.2, 0) is 24.1 Å². The number of aryl methyl sites for hydroxylation is 1. The van der Waals surface area contributed by atoms with E-state index in [0.717, 1.165) is 18.2 Å². The number of alkyl halides is 6. The lowest BCUT2D eigenvalue weighted by atomic mass is 10.0. The quantitative estimate of drug-likeness (QED) is 0.292. The first-order chi connectivity index (χ1) is 19.1. The number of carbonyl (C=O) groups is 1. The zero-order chi connectivity index (χ0) is 30.1. The second kappa shape index (κ2) is 11.4. The molecule has 0 aliphatic heterocycles. The first kappa shape index (κ1) is 29.8. The molecule has 0 saturated heterocycles. The van der Waals surface area contributed by atoms with Gasteiger partial charge in [0.15, 0.2) is 17.8 Å². The third-order valence-electron chi connectivity index (χ3n) is 5.71. The summed E-state index contributed by atoms with van der Waals surface area (Å²) in [6.45, 7) is -0.668. The van der Waals surface area contributed by atoms with E-state index in [1.807, 2.05) is 0 Å². The van der Waals surface area contributed by atoms with Crippen LogP contribution in [-0.4, -0.2) is 47.8 Å². The highest BCUT2D eigenvalue weighted by Crippen LogP contribution is 2.32. The Kier molecular flexibility index (Phi) is 8.26. The van der Waals surface area contributed by atoms with Crippen LogP contribution in [0.25, 0.3) is 11.4 Å². The number of nitrogens with zero attached hydrogens (tertiary/aromatic N) is 5. The number of aliphatic hydroxyl groups excluding tert-OH is 1. The van der Waals surface area contributed by atoms with Gasteiger partial charge in [-0.15, -0.1) is 5.10 Å². The SMILES string of the molecule is Cc1nc(C(NC(=O)Cn2nc(-c3ccc(Cl)cc3)n(CC(O)C(F)(F)F)c2=O)c2cccc(C(F)(F)F)c2)no1. The summed E-state index contributed by atoms with van der Waals surface area (Å²) < 4.78 is 85.2. The van der Waals surface area contributed by atoms with Crippen molar-refractivity contribution in [2.75, 3.05) is 0 Å². The largest absolute Gasteiger partial charge is 0.416 e. The normalized spacial score (nSPS) is 13.7. The summed E-state index contributed by atoms with van der Waals surface area (Å²) in [5, 5.41) is 19.9. The average molecular weight is 605 g/mol. The van der Waals surface area contributed by atoms with Gasteiger partial charge in [0, 0.05) is 17.5 Å². The van der Waals surface area contributed by atoms with Crippen molar-refractivity contribution in [3.63, 3.8) is 0 Å². The van der Waals surface area contributed by atoms with E-state index in [-0.39, 0.29) is 33.7 Å². The maximum absolute atomic E-state index is 13.3. The Morgan fingerprint density at radius 3 is 2.39 bits per heavy atom. The Morgan fingerprint density at radius 2 is 1.80 bits per heavy atom. The van der Waals surface area contributed by atoms with Gasteiger partial charge in [-0.05, 0) is 42.0 Å². The number of hydrogen-bond donors (Lipinski definition) is 2. The van der Waals surface area contributed by atoms with Crippen molar-refractivity contribution < 1.29 is 40.8 Å². The highest BCUT2D eigenvalue weighted by molar-refractivity contribution is 6.30. The van der Waals surface area contributed by atoms with Crippen molar-refractivity contribution in [1.29, 1.82) is 0 Å². The highest BCUT2D eigenvalue weighted by Gasteiger charge is 2.39. The molecule has 0 fully saturated rings. The lowest BCUT2D eigenvalue weighted by Crippen LogP contribution is -2.39. The van der Waals surface area contributed by atoms with Crippen LogP contribution in [0.3, 0.4) is 0 Å². The molecule has 0 saturated carbocycles. The number of rotatable bonds is 8. The number of aliphatic hydroxyl groups is 1. The van der Waals surface area contributed by atoms with Gasteiger partial charge in [0.1, 0.15) is 12.6 Å². The van der Waals surface area contributed by atoms with Gasteiger partial charge in [-0.3, -0.25) is 9.36 Å². The van der Waals surface area contributed by atoms with Gasteiger partial charge in [0.2, 0.25) is 11.8 Å². The molecule has 2 aromatic heterocycles. The molecule has 1 amide bonds. The topological polar surface area (TPSA) is 128 Å². The first-order valence-corrected chi connectivity index (χ1v) is 12.0. The van der Waals surface area contributed by atoms with E-state index in [0.29, 0.717) is 9.25 Å². The zero-order valence-electron chi connectivity index (χ0n) is 20.7. The summed E-state index contributed by atoms with van der Waals surface area (Å²) >= 11 is 5.86. The van der Waals surface area contributed by atoms with Crippen LogP contribution in [0, 0.1) is 6.92 Å². The van der Waals surface area contributed by atoms with Crippen LogP contribution in [0.5, 0.6) is 0 Å². The lowest BCUT2D eigenvalue weighted by molar-refractivity contribution is -0.207. The molecule has 0 aliphatic carbocycles. The summed E-state index contributed by atoms with van der Waals surface area (Å²) in [4.78, 5) is 30.0. The van der Waals surface area contributed by atoms with E-state index in [2.05, 4.69) is 20.6 Å². The molecule has 10 nitrogen and oxygen atoms in total. The van der Waals surface area contributed by atoms with Crippen molar-refractivity contribution in [3.8, 4) is 11.4 Å². The van der Waals surface area contributed by atoms with Crippen molar-refractivity contribution in [3.05, 3.63) is 86.9 Å². The third-order valence-corrected chi connectivity index (χ3v) is 5.96. The van der Waals surface area contributed by atoms with Gasteiger partial charge in [-0.2, -0.15) is 31.3 Å². The molecule has 2 unspecified atom stereocenters.